The van der Waals surface area contributed by atoms with Gasteiger partial charge in [-0.3, -0.25) is 0 Å². The van der Waals surface area contributed by atoms with E-state index in [9.17, 15) is 0 Å². The second kappa shape index (κ2) is 7.02. The van der Waals surface area contributed by atoms with E-state index in [0.29, 0.717) is 28.3 Å². The van der Waals surface area contributed by atoms with Crippen molar-refractivity contribution in [2.24, 2.45) is 11.3 Å². The van der Waals surface area contributed by atoms with Crippen LogP contribution in [0.5, 0.6) is 0 Å². The third-order valence-electron chi connectivity index (χ3n) is 5.25. The topological polar surface area (TPSA) is 18.5 Å². The molecule has 0 aromatic rings. The molecule has 4 unspecified atom stereocenters. The maximum Gasteiger partial charge on any atom is 0.146 e. The van der Waals surface area contributed by atoms with Gasteiger partial charge in [0.05, 0.1) is 6.10 Å². The van der Waals surface area contributed by atoms with Gasteiger partial charge in [-0.15, -0.1) is 0 Å². The van der Waals surface area contributed by atoms with Crippen LogP contribution in [-0.2, 0) is 20.4 Å². The number of rotatable bonds is 3. The van der Waals surface area contributed by atoms with Crippen LogP contribution in [0.15, 0.2) is 0 Å². The van der Waals surface area contributed by atoms with Gasteiger partial charge in [-0.1, -0.05) is 20.8 Å². The molecule has 3 heteroatoms. The van der Waals surface area contributed by atoms with Crippen molar-refractivity contribution in [2.75, 3.05) is 25.7 Å². The van der Waals surface area contributed by atoms with Crippen molar-refractivity contribution in [2.45, 2.75) is 70.3 Å². The quantitative estimate of drug-likeness (QED) is 0.741. The lowest BCUT2D eigenvalue weighted by Gasteiger charge is -2.46. The third kappa shape index (κ3) is 3.53. The van der Waals surface area contributed by atoms with Gasteiger partial charge < -0.3 is 9.47 Å². The molecule has 0 aromatic heterocycles. The van der Waals surface area contributed by atoms with Crippen LogP contribution in [0.1, 0.15) is 52.9 Å². The maximum atomic E-state index is 5.97. The van der Waals surface area contributed by atoms with Gasteiger partial charge in [0.2, 0.25) is 0 Å². The molecule has 20 heavy (non-hydrogen) atoms. The van der Waals surface area contributed by atoms with Gasteiger partial charge >= 0.3 is 0 Å². The smallest absolute Gasteiger partial charge is 0.146 e. The molecule has 0 aromatic carbocycles. The van der Waals surface area contributed by atoms with E-state index in [0.717, 1.165) is 5.25 Å². The zero-order valence-electron chi connectivity index (χ0n) is 14.0. The molecule has 0 N–H and O–H groups in total. The zero-order valence-corrected chi connectivity index (χ0v) is 14.8. The molecule has 4 atom stereocenters. The van der Waals surface area contributed by atoms with Crippen molar-refractivity contribution in [1.29, 1.82) is 0 Å². The summed E-state index contributed by atoms with van der Waals surface area (Å²) in [6.45, 7) is 7.04. The number of hydrogen-bond acceptors (Lipinski definition) is 2. The molecule has 1 heterocycles. The molecule has 1 aliphatic carbocycles. The molecule has 118 valence electrons. The molecule has 1 saturated heterocycles. The summed E-state index contributed by atoms with van der Waals surface area (Å²) < 4.78 is 11.9. The Hall–Kier alpha value is 0.270. The monoisotopic (exact) mass is 301 g/mol. The average molecular weight is 302 g/mol. The van der Waals surface area contributed by atoms with E-state index in [-0.39, 0.29) is 6.10 Å². The normalized spacial score (nSPS) is 37.0. The summed E-state index contributed by atoms with van der Waals surface area (Å²) in [5.74, 6) is 3.48. The van der Waals surface area contributed by atoms with Crippen molar-refractivity contribution in [1.82, 2.24) is 0 Å². The second-order valence-electron chi connectivity index (χ2n) is 7.50. The minimum atomic E-state index is 0.271. The van der Waals surface area contributed by atoms with Crippen molar-refractivity contribution >= 4 is 10.9 Å². The first kappa shape index (κ1) is 16.6. The van der Waals surface area contributed by atoms with E-state index in [1.165, 1.54) is 43.6 Å². The van der Waals surface area contributed by atoms with Crippen molar-refractivity contribution in [3.8, 4) is 0 Å². The Labute approximate surface area is 128 Å². The number of methoxy groups -OCH3 is 2. The fraction of sp³-hybridized carbons (Fsp3) is 1.00. The van der Waals surface area contributed by atoms with E-state index in [1.807, 2.05) is 14.2 Å². The van der Waals surface area contributed by atoms with Crippen LogP contribution in [0, 0.1) is 11.3 Å². The van der Waals surface area contributed by atoms with Gasteiger partial charge in [0.15, 0.2) is 0 Å². The van der Waals surface area contributed by atoms with Crippen molar-refractivity contribution in [3.05, 3.63) is 0 Å². The Kier molecular flexibility index (Phi) is 5.84. The van der Waals surface area contributed by atoms with E-state index in [1.54, 1.807) is 0 Å². The van der Waals surface area contributed by atoms with Gasteiger partial charge in [-0.25, -0.2) is 0 Å². The van der Waals surface area contributed by atoms with Crippen LogP contribution in [0.2, 0.25) is 0 Å². The highest BCUT2D eigenvalue weighted by atomic mass is 32.2. The summed E-state index contributed by atoms with van der Waals surface area (Å²) in [7, 11) is 4.34. The lowest BCUT2D eigenvalue weighted by atomic mass is 9.69. The van der Waals surface area contributed by atoms with E-state index in [2.05, 4.69) is 20.8 Å². The fourth-order valence-corrected chi connectivity index (χ4v) is 7.21. The molecule has 2 nitrogen and oxygen atoms in total. The summed E-state index contributed by atoms with van der Waals surface area (Å²) in [5, 5.41) is 0.740. The van der Waals surface area contributed by atoms with E-state index in [4.69, 9.17) is 9.47 Å². The van der Waals surface area contributed by atoms with Crippen LogP contribution in [-0.4, -0.2) is 43.2 Å². The largest absolute Gasteiger partial charge is 0.378 e. The van der Waals surface area contributed by atoms with Gasteiger partial charge in [-0.2, -0.15) is 0 Å². The molecule has 2 rings (SSSR count). The fourth-order valence-electron chi connectivity index (χ4n) is 4.14. The Balaban J connectivity index is 2.13. The maximum absolute atomic E-state index is 5.97. The highest BCUT2D eigenvalue weighted by Gasteiger charge is 2.50. The molecule has 0 bridgehead atoms. The summed E-state index contributed by atoms with van der Waals surface area (Å²) >= 11 is 0. The molecule has 2 aliphatic rings. The third-order valence-corrected chi connectivity index (χ3v) is 8.23. The molecule has 0 spiro atoms. The van der Waals surface area contributed by atoms with Crippen LogP contribution in [0.4, 0.5) is 0 Å². The SMILES string of the molecule is COC1C(OC)C(C(C)(C)C)CCC1[S+]1CCCCC1. The van der Waals surface area contributed by atoms with Crippen LogP contribution < -0.4 is 0 Å². The number of hydrogen-bond donors (Lipinski definition) is 0. The van der Waals surface area contributed by atoms with Gasteiger partial charge in [0.25, 0.3) is 0 Å². The zero-order chi connectivity index (χ0) is 14.8. The summed E-state index contributed by atoms with van der Waals surface area (Å²) in [6, 6.07) is 0. The predicted molar refractivity (Wildman–Crippen MR) is 88.5 cm³/mol. The first-order chi connectivity index (χ1) is 9.49. The standard InChI is InChI=1S/C17H33O2S/c1-17(2,3)13-9-10-14(16(19-5)15(13)18-4)20-11-7-6-8-12-20/h13-16H,6-12H2,1-5H3/q+1. The van der Waals surface area contributed by atoms with E-state index < -0.39 is 0 Å². The molecular weight excluding hydrogens is 268 g/mol. The molecule has 0 amide bonds. The Morgan fingerprint density at radius 1 is 0.850 bits per heavy atom. The second-order valence-corrected chi connectivity index (χ2v) is 9.99. The van der Waals surface area contributed by atoms with Crippen LogP contribution >= 0.6 is 0 Å². The highest BCUT2D eigenvalue weighted by Crippen LogP contribution is 2.43. The van der Waals surface area contributed by atoms with Crippen molar-refractivity contribution in [3.63, 3.8) is 0 Å². The Bertz CT molecular complexity index is 294. The number of ether oxygens (including phenoxy) is 2. The summed E-state index contributed by atoms with van der Waals surface area (Å²) in [4.78, 5) is 0. The lowest BCUT2D eigenvalue weighted by molar-refractivity contribution is -0.108. The Morgan fingerprint density at radius 2 is 1.45 bits per heavy atom. The highest BCUT2D eigenvalue weighted by molar-refractivity contribution is 7.97. The molecule has 1 aliphatic heterocycles. The Morgan fingerprint density at radius 3 is 1.95 bits per heavy atom. The summed E-state index contributed by atoms with van der Waals surface area (Å²) in [5.41, 5.74) is 0.304. The van der Waals surface area contributed by atoms with Crippen molar-refractivity contribution < 1.29 is 9.47 Å². The van der Waals surface area contributed by atoms with Crippen LogP contribution in [0.25, 0.3) is 0 Å². The first-order valence-electron chi connectivity index (χ1n) is 8.21. The minimum absolute atomic E-state index is 0.271. The molecule has 0 radical (unpaired) electrons. The molecule has 2 fully saturated rings. The summed E-state index contributed by atoms with van der Waals surface area (Å²) in [6.07, 6.45) is 7.51. The van der Waals surface area contributed by atoms with Gasteiger partial charge in [0, 0.05) is 14.2 Å². The minimum Gasteiger partial charge on any atom is -0.378 e. The van der Waals surface area contributed by atoms with E-state index >= 15 is 0 Å². The molecular formula is C17H33O2S+. The van der Waals surface area contributed by atoms with Gasteiger partial charge in [0.1, 0.15) is 22.9 Å². The first-order valence-corrected chi connectivity index (χ1v) is 9.83. The predicted octanol–water partition coefficient (Wildman–Crippen LogP) is 3.64. The van der Waals surface area contributed by atoms with Gasteiger partial charge in [-0.05, 0) is 54.3 Å². The van der Waals surface area contributed by atoms with Crippen LogP contribution in [0.3, 0.4) is 0 Å². The molecule has 1 saturated carbocycles. The average Bonchev–Trinajstić information content (AvgIpc) is 2.45. The lowest BCUT2D eigenvalue weighted by Crippen LogP contribution is -2.55.